The van der Waals surface area contributed by atoms with Crippen molar-refractivity contribution < 1.29 is 14.8 Å². The predicted octanol–water partition coefficient (Wildman–Crippen LogP) is 1.08. The molecule has 0 saturated carbocycles. The van der Waals surface area contributed by atoms with Crippen molar-refractivity contribution in [3.63, 3.8) is 0 Å². The average molecular weight is 328 g/mol. The molecule has 0 spiro atoms. The van der Waals surface area contributed by atoms with E-state index in [0.717, 1.165) is 6.04 Å². The van der Waals surface area contributed by atoms with Gasteiger partial charge in [0, 0.05) is 20.1 Å². The van der Waals surface area contributed by atoms with Gasteiger partial charge in [-0.3, -0.25) is 0 Å². The summed E-state index contributed by atoms with van der Waals surface area (Å²) in [4.78, 5) is 4.18. The SMILES string of the molecule is C[Si](C)(C)CCOCn1nc(B(O)O)c2ccc(Cl)nc21. The van der Waals surface area contributed by atoms with Crippen molar-refractivity contribution in [2.45, 2.75) is 32.4 Å². The fourth-order valence-electron chi connectivity index (χ4n) is 1.86. The van der Waals surface area contributed by atoms with E-state index in [-0.39, 0.29) is 12.3 Å². The number of ether oxygens (including phenoxy) is 1. The smallest absolute Gasteiger partial charge is 0.422 e. The zero-order valence-corrected chi connectivity index (χ0v) is 14.1. The molecule has 2 rings (SSSR count). The van der Waals surface area contributed by atoms with Gasteiger partial charge >= 0.3 is 7.12 Å². The van der Waals surface area contributed by atoms with E-state index in [1.807, 2.05) is 0 Å². The second kappa shape index (κ2) is 6.45. The minimum atomic E-state index is -1.65. The zero-order valence-electron chi connectivity index (χ0n) is 12.4. The van der Waals surface area contributed by atoms with Crippen LogP contribution in [0.3, 0.4) is 0 Å². The Kier molecular flexibility index (Phi) is 5.05. The molecule has 0 aromatic carbocycles. The number of aromatic nitrogens is 3. The van der Waals surface area contributed by atoms with Crippen LogP contribution in [0.2, 0.25) is 30.8 Å². The first-order valence-corrected chi connectivity index (χ1v) is 10.8. The van der Waals surface area contributed by atoms with Crippen LogP contribution in [0.25, 0.3) is 11.0 Å². The number of halogens is 1. The third-order valence-electron chi connectivity index (χ3n) is 3.04. The van der Waals surface area contributed by atoms with E-state index in [0.29, 0.717) is 22.8 Å². The number of fused-ring (bicyclic) bond motifs is 1. The highest BCUT2D eigenvalue weighted by Crippen LogP contribution is 2.14. The topological polar surface area (TPSA) is 80.4 Å². The van der Waals surface area contributed by atoms with Crippen LogP contribution in [-0.2, 0) is 11.5 Å². The van der Waals surface area contributed by atoms with Gasteiger partial charge in [0.15, 0.2) is 5.65 Å². The van der Waals surface area contributed by atoms with Crippen LogP contribution in [0.4, 0.5) is 0 Å². The summed E-state index contributed by atoms with van der Waals surface area (Å²) >= 11 is 5.89. The monoisotopic (exact) mass is 327 g/mol. The van der Waals surface area contributed by atoms with Crippen LogP contribution < -0.4 is 5.59 Å². The van der Waals surface area contributed by atoms with Gasteiger partial charge in [0.05, 0.1) is 0 Å². The fraction of sp³-hybridized carbons (Fsp3) is 0.500. The number of hydrogen-bond donors (Lipinski definition) is 2. The van der Waals surface area contributed by atoms with Crippen molar-refractivity contribution in [3.8, 4) is 0 Å². The summed E-state index contributed by atoms with van der Waals surface area (Å²) in [5.41, 5.74) is 0.640. The Hall–Kier alpha value is -0.928. The van der Waals surface area contributed by atoms with Crippen molar-refractivity contribution >= 4 is 43.4 Å². The molecule has 6 nitrogen and oxygen atoms in total. The lowest BCUT2D eigenvalue weighted by molar-refractivity contribution is 0.0815. The minimum absolute atomic E-state index is 0.156. The summed E-state index contributed by atoms with van der Waals surface area (Å²) in [5.74, 6) is 0. The Labute approximate surface area is 129 Å². The molecule has 21 heavy (non-hydrogen) atoms. The Morgan fingerprint density at radius 3 is 2.67 bits per heavy atom. The Balaban J connectivity index is 2.17. The van der Waals surface area contributed by atoms with Gasteiger partial charge in [-0.1, -0.05) is 31.2 Å². The first-order chi connectivity index (χ1) is 9.78. The lowest BCUT2D eigenvalue weighted by Gasteiger charge is -2.15. The van der Waals surface area contributed by atoms with Gasteiger partial charge in [-0.05, 0) is 18.2 Å². The van der Waals surface area contributed by atoms with Crippen LogP contribution in [0.1, 0.15) is 0 Å². The van der Waals surface area contributed by atoms with E-state index in [1.54, 1.807) is 12.1 Å². The van der Waals surface area contributed by atoms with Crippen LogP contribution in [0, 0.1) is 0 Å². The van der Waals surface area contributed by atoms with E-state index in [9.17, 15) is 10.0 Å². The van der Waals surface area contributed by atoms with Gasteiger partial charge in [-0.2, -0.15) is 5.10 Å². The summed E-state index contributed by atoms with van der Waals surface area (Å²) < 4.78 is 7.13. The molecular weight excluding hydrogens is 309 g/mol. The lowest BCUT2D eigenvalue weighted by atomic mass is 9.84. The molecule has 2 aromatic heterocycles. The summed E-state index contributed by atoms with van der Waals surface area (Å²) in [6.45, 7) is 7.69. The van der Waals surface area contributed by atoms with E-state index in [4.69, 9.17) is 16.3 Å². The van der Waals surface area contributed by atoms with Crippen LogP contribution in [0.5, 0.6) is 0 Å². The first kappa shape index (κ1) is 16.4. The quantitative estimate of drug-likeness (QED) is 0.471. The molecule has 114 valence electrons. The van der Waals surface area contributed by atoms with E-state index >= 15 is 0 Å². The molecule has 9 heteroatoms. The zero-order chi connectivity index (χ0) is 15.6. The highest BCUT2D eigenvalue weighted by molar-refractivity contribution is 6.76. The number of pyridine rings is 1. The Morgan fingerprint density at radius 1 is 1.33 bits per heavy atom. The third-order valence-corrected chi connectivity index (χ3v) is 4.96. The van der Waals surface area contributed by atoms with Gasteiger partial charge in [-0.25, -0.2) is 9.67 Å². The third kappa shape index (κ3) is 4.27. The molecule has 2 aromatic rings. The maximum Gasteiger partial charge on any atom is 0.510 e. The van der Waals surface area contributed by atoms with E-state index in [1.165, 1.54) is 4.68 Å². The van der Waals surface area contributed by atoms with Crippen molar-refractivity contribution in [2.75, 3.05) is 6.61 Å². The number of rotatable bonds is 6. The molecule has 2 N–H and O–H groups in total. The second-order valence-corrected chi connectivity index (χ2v) is 12.1. The summed E-state index contributed by atoms with van der Waals surface area (Å²) in [6, 6.07) is 4.31. The Bertz CT molecular complexity index is 630. The van der Waals surface area contributed by atoms with Crippen molar-refractivity contribution in [1.29, 1.82) is 0 Å². The number of hydrogen-bond acceptors (Lipinski definition) is 5. The summed E-state index contributed by atoms with van der Waals surface area (Å²) in [6.07, 6.45) is 0. The second-order valence-electron chi connectivity index (χ2n) is 6.11. The molecule has 0 atom stereocenters. The van der Waals surface area contributed by atoms with Gasteiger partial charge in [0.2, 0.25) is 0 Å². The maximum atomic E-state index is 9.37. The normalized spacial score (nSPS) is 12.1. The molecule has 0 radical (unpaired) electrons. The molecule has 0 amide bonds. The van der Waals surface area contributed by atoms with E-state index in [2.05, 4.69) is 29.7 Å². The molecule has 2 heterocycles. The molecule has 0 aliphatic carbocycles. The standard InChI is InChI=1S/C12H19BClN3O3Si/c1-21(2,3)7-6-20-8-17-12-9(4-5-10(14)15-12)11(16-17)13(18)19/h4-5,18-19H,6-8H2,1-3H3. The largest absolute Gasteiger partial charge is 0.510 e. The van der Waals surface area contributed by atoms with Crippen molar-refractivity contribution in [1.82, 2.24) is 14.8 Å². The molecule has 0 fully saturated rings. The van der Waals surface area contributed by atoms with E-state index < -0.39 is 15.2 Å². The Morgan fingerprint density at radius 2 is 2.05 bits per heavy atom. The van der Waals surface area contributed by atoms with Crippen LogP contribution >= 0.6 is 11.6 Å². The minimum Gasteiger partial charge on any atom is -0.422 e. The lowest BCUT2D eigenvalue weighted by Crippen LogP contribution is -2.32. The average Bonchev–Trinajstić information content (AvgIpc) is 2.72. The maximum absolute atomic E-state index is 9.37. The molecular formula is C12H19BClN3O3Si. The highest BCUT2D eigenvalue weighted by Gasteiger charge is 2.22. The van der Waals surface area contributed by atoms with Gasteiger partial charge in [0.1, 0.15) is 17.5 Å². The molecule has 0 saturated heterocycles. The summed E-state index contributed by atoms with van der Waals surface area (Å²) in [7, 11) is -2.80. The van der Waals surface area contributed by atoms with Gasteiger partial charge in [0.25, 0.3) is 0 Å². The van der Waals surface area contributed by atoms with Gasteiger partial charge < -0.3 is 14.8 Å². The number of nitrogens with zero attached hydrogens (tertiary/aromatic N) is 3. The molecule has 0 aliphatic rings. The fourth-order valence-corrected chi connectivity index (χ4v) is 2.76. The summed E-state index contributed by atoms with van der Waals surface area (Å²) in [5, 5.41) is 23.8. The van der Waals surface area contributed by atoms with Crippen molar-refractivity contribution in [2.24, 2.45) is 0 Å². The van der Waals surface area contributed by atoms with Crippen molar-refractivity contribution in [3.05, 3.63) is 17.3 Å². The highest BCUT2D eigenvalue weighted by atomic mass is 35.5. The molecule has 0 unspecified atom stereocenters. The molecule has 0 aliphatic heterocycles. The molecule has 0 bridgehead atoms. The predicted molar refractivity (Wildman–Crippen MR) is 86.5 cm³/mol. The first-order valence-electron chi connectivity index (χ1n) is 6.75. The van der Waals surface area contributed by atoms with Crippen LogP contribution in [0.15, 0.2) is 12.1 Å². The van der Waals surface area contributed by atoms with Gasteiger partial charge in [-0.15, -0.1) is 0 Å². The van der Waals surface area contributed by atoms with Crippen LogP contribution in [-0.4, -0.2) is 46.6 Å².